The summed E-state index contributed by atoms with van der Waals surface area (Å²) >= 11 is 0. The molecule has 0 aliphatic carbocycles. The number of hydrogen-bond donors (Lipinski definition) is 2. The van der Waals surface area contributed by atoms with Crippen LogP contribution in [0, 0.1) is 11.8 Å². The monoisotopic (exact) mass is 352 g/mol. The molecule has 0 aromatic heterocycles. The van der Waals surface area contributed by atoms with E-state index >= 15 is 0 Å². The molecule has 4 heteroatoms. The molecule has 1 fully saturated rings. The highest BCUT2D eigenvalue weighted by atomic mass is 16.6. The van der Waals surface area contributed by atoms with E-state index in [0.29, 0.717) is 18.1 Å². The molecule has 0 unspecified atom stereocenters. The Morgan fingerprint density at radius 2 is 2.00 bits per heavy atom. The number of carbonyl (C=O) groups excluding carboxylic acids is 1. The summed E-state index contributed by atoms with van der Waals surface area (Å²) in [5.41, 5.74) is 1.79. The van der Waals surface area contributed by atoms with E-state index in [9.17, 15) is 9.90 Å². The van der Waals surface area contributed by atoms with Crippen LogP contribution in [0.5, 0.6) is 0 Å². The standard InChI is InChI=1S/C21H36O4/c1-15(2)17(4)13-19(24)16(3)7-6-11-21(5)20(25-21)9-8-18(14-23)10-12-22/h10,15-16,20,22-23H,4,6-9,11-14H2,1-3,5H3/b18-10+/t16-,20+,21+/m0/s1. The number of carbonyl (C=O) groups is 1. The number of aliphatic hydroxyl groups excluding tert-OH is 2. The van der Waals surface area contributed by atoms with E-state index in [2.05, 4.69) is 27.4 Å². The highest BCUT2D eigenvalue weighted by Gasteiger charge is 2.50. The van der Waals surface area contributed by atoms with Crippen LogP contribution in [0.1, 0.15) is 66.2 Å². The van der Waals surface area contributed by atoms with Crippen molar-refractivity contribution in [3.63, 3.8) is 0 Å². The Morgan fingerprint density at radius 3 is 2.56 bits per heavy atom. The lowest BCUT2D eigenvalue weighted by Crippen LogP contribution is -2.15. The summed E-state index contributed by atoms with van der Waals surface area (Å²) in [4.78, 5) is 12.2. The van der Waals surface area contributed by atoms with Crippen LogP contribution in [0.25, 0.3) is 0 Å². The molecule has 1 rings (SSSR count). The van der Waals surface area contributed by atoms with Gasteiger partial charge in [-0.05, 0) is 50.5 Å². The van der Waals surface area contributed by atoms with Gasteiger partial charge in [-0.1, -0.05) is 39.0 Å². The van der Waals surface area contributed by atoms with Crippen LogP contribution in [0.4, 0.5) is 0 Å². The highest BCUT2D eigenvalue weighted by Crippen LogP contribution is 2.44. The predicted molar refractivity (Wildman–Crippen MR) is 101 cm³/mol. The zero-order valence-corrected chi connectivity index (χ0v) is 16.4. The lowest BCUT2D eigenvalue weighted by molar-refractivity contribution is -0.122. The largest absolute Gasteiger partial charge is 0.392 e. The fourth-order valence-corrected chi connectivity index (χ4v) is 3.09. The first-order valence-corrected chi connectivity index (χ1v) is 9.51. The molecular weight excluding hydrogens is 316 g/mol. The molecule has 4 nitrogen and oxygen atoms in total. The average Bonchev–Trinajstić information content (AvgIpc) is 3.21. The number of aliphatic hydroxyl groups is 2. The second-order valence-electron chi connectivity index (χ2n) is 7.91. The maximum atomic E-state index is 12.2. The fourth-order valence-electron chi connectivity index (χ4n) is 3.09. The van der Waals surface area contributed by atoms with Crippen molar-refractivity contribution < 1.29 is 19.7 Å². The Labute approximate surface area is 153 Å². The second-order valence-corrected chi connectivity index (χ2v) is 7.91. The Kier molecular flexibility index (Phi) is 9.04. The summed E-state index contributed by atoms with van der Waals surface area (Å²) in [5, 5.41) is 18.1. The number of allylic oxidation sites excluding steroid dienone is 1. The molecule has 1 saturated heterocycles. The first-order chi connectivity index (χ1) is 11.7. The van der Waals surface area contributed by atoms with E-state index in [1.807, 2.05) is 6.92 Å². The molecular formula is C21H36O4. The number of Topliss-reactive ketones (excluding diaryl/α,β-unsaturated/α-hetero) is 1. The van der Waals surface area contributed by atoms with Crippen molar-refractivity contribution in [1.29, 1.82) is 0 Å². The minimum Gasteiger partial charge on any atom is -0.392 e. The Morgan fingerprint density at radius 1 is 1.32 bits per heavy atom. The van der Waals surface area contributed by atoms with E-state index in [-0.39, 0.29) is 30.8 Å². The van der Waals surface area contributed by atoms with Crippen molar-refractivity contribution in [1.82, 2.24) is 0 Å². The molecule has 25 heavy (non-hydrogen) atoms. The molecule has 0 spiro atoms. The first-order valence-electron chi connectivity index (χ1n) is 9.51. The SMILES string of the molecule is C=C(CC(=O)[C@@H](C)CCC[C@@]1(C)O[C@@H]1CC/C(=C\CO)CO)C(C)C. The number of epoxide rings is 1. The smallest absolute Gasteiger partial charge is 0.139 e. The van der Waals surface area contributed by atoms with E-state index in [1.165, 1.54) is 0 Å². The van der Waals surface area contributed by atoms with Gasteiger partial charge in [0, 0.05) is 12.3 Å². The molecule has 0 aromatic rings. The van der Waals surface area contributed by atoms with Crippen molar-refractivity contribution in [3.8, 4) is 0 Å². The molecule has 3 atom stereocenters. The minimum absolute atomic E-state index is 0.00864. The van der Waals surface area contributed by atoms with Gasteiger partial charge in [0.05, 0.1) is 24.9 Å². The number of ether oxygens (including phenoxy) is 1. The van der Waals surface area contributed by atoms with Gasteiger partial charge in [0.25, 0.3) is 0 Å². The molecule has 0 bridgehead atoms. The van der Waals surface area contributed by atoms with E-state index in [0.717, 1.165) is 43.3 Å². The minimum atomic E-state index is -0.0932. The van der Waals surface area contributed by atoms with Gasteiger partial charge in [-0.3, -0.25) is 4.79 Å². The maximum absolute atomic E-state index is 12.2. The van der Waals surface area contributed by atoms with Gasteiger partial charge in [-0.25, -0.2) is 0 Å². The lowest BCUT2D eigenvalue weighted by atomic mass is 9.89. The van der Waals surface area contributed by atoms with Gasteiger partial charge >= 0.3 is 0 Å². The van der Waals surface area contributed by atoms with Crippen LogP contribution in [0.2, 0.25) is 0 Å². The summed E-state index contributed by atoms with van der Waals surface area (Å²) in [5.74, 6) is 0.725. The van der Waals surface area contributed by atoms with Crippen molar-refractivity contribution in [2.45, 2.75) is 77.9 Å². The summed E-state index contributed by atoms with van der Waals surface area (Å²) in [6.07, 6.45) is 6.82. The lowest BCUT2D eigenvalue weighted by Gasteiger charge is -2.14. The molecule has 0 amide bonds. The highest BCUT2D eigenvalue weighted by molar-refractivity contribution is 5.82. The van der Waals surface area contributed by atoms with Crippen LogP contribution in [-0.4, -0.2) is 40.9 Å². The second kappa shape index (κ2) is 10.2. The average molecular weight is 353 g/mol. The van der Waals surface area contributed by atoms with E-state index < -0.39 is 0 Å². The zero-order chi connectivity index (χ0) is 19.0. The van der Waals surface area contributed by atoms with Gasteiger partial charge in [-0.15, -0.1) is 0 Å². The third-order valence-corrected chi connectivity index (χ3v) is 5.42. The first kappa shape index (κ1) is 22.1. The maximum Gasteiger partial charge on any atom is 0.139 e. The summed E-state index contributed by atoms with van der Waals surface area (Å²) < 4.78 is 5.85. The topological polar surface area (TPSA) is 70.1 Å². The summed E-state index contributed by atoms with van der Waals surface area (Å²) in [6.45, 7) is 12.2. The van der Waals surface area contributed by atoms with Crippen molar-refractivity contribution in [2.24, 2.45) is 11.8 Å². The molecule has 0 aromatic carbocycles. The van der Waals surface area contributed by atoms with Gasteiger partial charge in [0.15, 0.2) is 0 Å². The molecule has 1 heterocycles. The van der Waals surface area contributed by atoms with E-state index in [1.54, 1.807) is 6.08 Å². The quantitative estimate of drug-likeness (QED) is 0.390. The van der Waals surface area contributed by atoms with Crippen LogP contribution >= 0.6 is 0 Å². The molecule has 0 radical (unpaired) electrons. The van der Waals surface area contributed by atoms with Gasteiger partial charge in [0.1, 0.15) is 5.78 Å². The molecule has 0 saturated carbocycles. The number of hydrogen-bond acceptors (Lipinski definition) is 4. The fraction of sp³-hybridized carbons (Fsp3) is 0.762. The normalized spacial score (nSPS) is 24.4. The third kappa shape index (κ3) is 7.43. The van der Waals surface area contributed by atoms with Crippen LogP contribution in [0.15, 0.2) is 23.8 Å². The molecule has 2 N–H and O–H groups in total. The Hall–Kier alpha value is -0.970. The third-order valence-electron chi connectivity index (χ3n) is 5.42. The van der Waals surface area contributed by atoms with Crippen molar-refractivity contribution in [3.05, 3.63) is 23.8 Å². The van der Waals surface area contributed by atoms with Crippen LogP contribution in [0.3, 0.4) is 0 Å². The number of rotatable bonds is 13. The van der Waals surface area contributed by atoms with Gasteiger partial charge < -0.3 is 14.9 Å². The summed E-state index contributed by atoms with van der Waals surface area (Å²) in [7, 11) is 0. The molecule has 1 aliphatic heterocycles. The van der Waals surface area contributed by atoms with Crippen LogP contribution < -0.4 is 0 Å². The number of ketones is 1. The zero-order valence-electron chi connectivity index (χ0n) is 16.4. The van der Waals surface area contributed by atoms with Crippen molar-refractivity contribution in [2.75, 3.05) is 13.2 Å². The van der Waals surface area contributed by atoms with E-state index in [4.69, 9.17) is 9.84 Å². The van der Waals surface area contributed by atoms with Gasteiger partial charge in [0.2, 0.25) is 0 Å². The van der Waals surface area contributed by atoms with Gasteiger partial charge in [-0.2, -0.15) is 0 Å². The molecule has 144 valence electrons. The Balaban J connectivity index is 2.27. The Bertz CT molecular complexity index is 480. The van der Waals surface area contributed by atoms with Crippen molar-refractivity contribution >= 4 is 5.78 Å². The van der Waals surface area contributed by atoms with Crippen LogP contribution in [-0.2, 0) is 9.53 Å². The molecule has 1 aliphatic rings. The predicted octanol–water partition coefficient (Wildman–Crippen LogP) is 3.81. The summed E-state index contributed by atoms with van der Waals surface area (Å²) in [6, 6.07) is 0.